The zero-order valence-corrected chi connectivity index (χ0v) is 10.6. The minimum Gasteiger partial charge on any atom is -0.326 e. The largest absolute Gasteiger partial charge is 0.326 e. The first-order valence-corrected chi connectivity index (χ1v) is 6.98. The number of rotatable bonds is 6. The van der Waals surface area contributed by atoms with Crippen molar-refractivity contribution in [1.29, 1.82) is 0 Å². The van der Waals surface area contributed by atoms with E-state index in [0.29, 0.717) is 6.54 Å². The minimum absolute atomic E-state index is 0.0245. The van der Waals surface area contributed by atoms with Crippen molar-refractivity contribution in [2.24, 2.45) is 5.73 Å². The molecule has 96 valence electrons. The third-order valence-corrected chi connectivity index (χ3v) is 3.94. The van der Waals surface area contributed by atoms with Crippen LogP contribution in [0.1, 0.15) is 25.3 Å². The van der Waals surface area contributed by atoms with Crippen molar-refractivity contribution in [3.63, 3.8) is 0 Å². The average Bonchev–Trinajstić information content (AvgIpc) is 2.29. The third-order valence-electron chi connectivity index (χ3n) is 2.39. The molecule has 0 radical (unpaired) electrons. The summed E-state index contributed by atoms with van der Waals surface area (Å²) in [6.45, 7) is 2.16. The fourth-order valence-electron chi connectivity index (χ4n) is 1.45. The lowest BCUT2D eigenvalue weighted by molar-refractivity contribution is 0.569. The molecule has 0 atom stereocenters. The fourth-order valence-corrected chi connectivity index (χ4v) is 2.78. The van der Waals surface area contributed by atoms with Gasteiger partial charge < -0.3 is 5.73 Å². The zero-order valence-electron chi connectivity index (χ0n) is 9.74. The Labute approximate surface area is 101 Å². The molecule has 0 spiro atoms. The predicted molar refractivity (Wildman–Crippen MR) is 64.4 cm³/mol. The highest BCUT2D eigenvalue weighted by Crippen LogP contribution is 2.18. The Bertz CT molecular complexity index is 474. The first kappa shape index (κ1) is 14.1. The van der Waals surface area contributed by atoms with Crippen LogP contribution in [0, 0.1) is 5.82 Å². The van der Waals surface area contributed by atoms with Gasteiger partial charge in [-0.15, -0.1) is 0 Å². The Kier molecular flexibility index (Phi) is 5.04. The van der Waals surface area contributed by atoms with Crippen LogP contribution in [0.5, 0.6) is 0 Å². The summed E-state index contributed by atoms with van der Waals surface area (Å²) < 4.78 is 39.6. The van der Waals surface area contributed by atoms with E-state index in [4.69, 9.17) is 5.73 Å². The molecule has 0 unspecified atom stereocenters. The minimum atomic E-state index is -3.67. The first-order valence-electron chi connectivity index (χ1n) is 5.50. The second-order valence-electron chi connectivity index (χ2n) is 3.67. The summed E-state index contributed by atoms with van der Waals surface area (Å²) in [4.78, 5) is -0.0731. The topological polar surface area (TPSA) is 72.2 Å². The molecule has 0 bridgehead atoms. The van der Waals surface area contributed by atoms with Gasteiger partial charge in [0.25, 0.3) is 0 Å². The lowest BCUT2D eigenvalue weighted by Gasteiger charge is -2.10. The molecule has 0 aromatic heterocycles. The molecule has 1 aromatic carbocycles. The van der Waals surface area contributed by atoms with Crippen molar-refractivity contribution in [3.8, 4) is 0 Å². The summed E-state index contributed by atoms with van der Waals surface area (Å²) in [5.74, 6) is -0.592. The van der Waals surface area contributed by atoms with Gasteiger partial charge in [-0.2, -0.15) is 0 Å². The van der Waals surface area contributed by atoms with Gasteiger partial charge in [-0.05, 0) is 18.6 Å². The van der Waals surface area contributed by atoms with Gasteiger partial charge in [0.15, 0.2) is 0 Å². The van der Waals surface area contributed by atoms with Crippen molar-refractivity contribution < 1.29 is 12.8 Å². The highest BCUT2D eigenvalue weighted by atomic mass is 32.2. The zero-order chi connectivity index (χ0) is 12.9. The second kappa shape index (κ2) is 6.09. The van der Waals surface area contributed by atoms with Gasteiger partial charge in [0.05, 0.1) is 4.90 Å². The van der Waals surface area contributed by atoms with Crippen molar-refractivity contribution in [3.05, 3.63) is 29.6 Å². The summed E-state index contributed by atoms with van der Waals surface area (Å²) in [6.07, 6.45) is 1.63. The Balaban J connectivity index is 3.02. The number of hydrogen-bond acceptors (Lipinski definition) is 3. The van der Waals surface area contributed by atoms with Crippen molar-refractivity contribution in [2.45, 2.75) is 31.2 Å². The molecule has 0 aliphatic rings. The number of unbranched alkanes of at least 4 members (excludes halogenated alkanes) is 1. The van der Waals surface area contributed by atoms with Gasteiger partial charge in [0.1, 0.15) is 5.82 Å². The van der Waals surface area contributed by atoms with Crippen molar-refractivity contribution in [1.82, 2.24) is 4.72 Å². The molecular weight excluding hydrogens is 243 g/mol. The normalized spacial score (nSPS) is 11.7. The lowest BCUT2D eigenvalue weighted by Crippen LogP contribution is -2.26. The number of nitrogens with one attached hydrogen (secondary N) is 1. The number of sulfonamides is 1. The molecule has 0 heterocycles. The quantitative estimate of drug-likeness (QED) is 0.759. The van der Waals surface area contributed by atoms with Crippen LogP contribution in [0.2, 0.25) is 0 Å². The molecule has 6 heteroatoms. The van der Waals surface area contributed by atoms with Crippen molar-refractivity contribution >= 4 is 10.0 Å². The van der Waals surface area contributed by atoms with E-state index >= 15 is 0 Å². The molecule has 1 aromatic rings. The molecule has 0 aliphatic carbocycles. The maximum atomic E-state index is 13.4. The SMILES string of the molecule is CCCCNS(=O)(=O)c1cccc(F)c1CN. The standard InChI is InChI=1S/C11H17FN2O2S/c1-2-3-7-14-17(15,16)11-6-4-5-10(12)9(11)8-13/h4-6,14H,2-3,7-8,13H2,1H3. The van der Waals surface area contributed by atoms with E-state index in [9.17, 15) is 12.8 Å². The summed E-state index contributed by atoms with van der Waals surface area (Å²) >= 11 is 0. The van der Waals surface area contributed by atoms with Crippen LogP contribution < -0.4 is 10.5 Å². The monoisotopic (exact) mass is 260 g/mol. The van der Waals surface area contributed by atoms with Crippen LogP contribution in [-0.4, -0.2) is 15.0 Å². The Morgan fingerprint density at radius 2 is 2.12 bits per heavy atom. The summed E-state index contributed by atoms with van der Waals surface area (Å²) in [6, 6.07) is 3.93. The second-order valence-corrected chi connectivity index (χ2v) is 5.41. The van der Waals surface area contributed by atoms with Crippen LogP contribution in [0.4, 0.5) is 4.39 Å². The maximum Gasteiger partial charge on any atom is 0.240 e. The molecule has 0 fully saturated rings. The van der Waals surface area contributed by atoms with Gasteiger partial charge in [0.2, 0.25) is 10.0 Å². The molecule has 4 nitrogen and oxygen atoms in total. The number of halogens is 1. The first-order chi connectivity index (χ1) is 8.03. The highest BCUT2D eigenvalue weighted by Gasteiger charge is 2.19. The van der Waals surface area contributed by atoms with E-state index in [0.717, 1.165) is 12.8 Å². The van der Waals surface area contributed by atoms with Gasteiger partial charge in [-0.25, -0.2) is 17.5 Å². The van der Waals surface area contributed by atoms with Gasteiger partial charge >= 0.3 is 0 Å². The van der Waals surface area contributed by atoms with Crippen LogP contribution in [0.3, 0.4) is 0 Å². The van der Waals surface area contributed by atoms with Crippen LogP contribution >= 0.6 is 0 Å². The molecule has 0 amide bonds. The molecular formula is C11H17FN2O2S. The fraction of sp³-hybridized carbons (Fsp3) is 0.455. The van der Waals surface area contributed by atoms with Gasteiger partial charge in [-0.1, -0.05) is 19.4 Å². The Hall–Kier alpha value is -0.980. The van der Waals surface area contributed by atoms with E-state index in [1.54, 1.807) is 0 Å². The third kappa shape index (κ3) is 3.49. The van der Waals surface area contributed by atoms with E-state index in [2.05, 4.69) is 4.72 Å². The number of benzene rings is 1. The van der Waals surface area contributed by atoms with Crippen LogP contribution in [-0.2, 0) is 16.6 Å². The van der Waals surface area contributed by atoms with Crippen molar-refractivity contribution in [2.75, 3.05) is 6.54 Å². The number of nitrogens with two attached hydrogens (primary N) is 1. The summed E-state index contributed by atoms with van der Waals surface area (Å²) in [5.41, 5.74) is 5.40. The Morgan fingerprint density at radius 1 is 1.41 bits per heavy atom. The van der Waals surface area contributed by atoms with Gasteiger partial charge in [0, 0.05) is 18.7 Å². The summed E-state index contributed by atoms with van der Waals surface area (Å²) in [7, 11) is -3.67. The average molecular weight is 260 g/mol. The Morgan fingerprint density at radius 3 is 2.71 bits per heavy atom. The lowest BCUT2D eigenvalue weighted by atomic mass is 10.2. The molecule has 17 heavy (non-hydrogen) atoms. The van der Waals surface area contributed by atoms with Gasteiger partial charge in [-0.3, -0.25) is 0 Å². The number of hydrogen-bond donors (Lipinski definition) is 2. The molecule has 3 N–H and O–H groups in total. The molecule has 0 saturated heterocycles. The smallest absolute Gasteiger partial charge is 0.240 e. The molecule has 0 aliphatic heterocycles. The van der Waals surface area contributed by atoms with Crippen LogP contribution in [0.15, 0.2) is 23.1 Å². The van der Waals surface area contributed by atoms with E-state index in [1.165, 1.54) is 18.2 Å². The van der Waals surface area contributed by atoms with E-state index < -0.39 is 15.8 Å². The maximum absolute atomic E-state index is 13.4. The predicted octanol–water partition coefficient (Wildman–Crippen LogP) is 1.36. The van der Waals surface area contributed by atoms with E-state index in [1.807, 2.05) is 6.92 Å². The van der Waals surface area contributed by atoms with Crippen LogP contribution in [0.25, 0.3) is 0 Å². The highest BCUT2D eigenvalue weighted by molar-refractivity contribution is 7.89. The van der Waals surface area contributed by atoms with E-state index in [-0.39, 0.29) is 17.0 Å². The summed E-state index contributed by atoms with van der Waals surface area (Å²) in [5, 5.41) is 0. The molecule has 1 rings (SSSR count). The molecule has 0 saturated carbocycles.